The van der Waals surface area contributed by atoms with E-state index in [4.69, 9.17) is 14.9 Å². The molecule has 0 bridgehead atoms. The van der Waals surface area contributed by atoms with Gasteiger partial charge < -0.3 is 20.3 Å². The zero-order valence-corrected chi connectivity index (χ0v) is 9.78. The Morgan fingerprint density at radius 2 is 2.06 bits per heavy atom. The summed E-state index contributed by atoms with van der Waals surface area (Å²) in [5, 5.41) is 30.9. The van der Waals surface area contributed by atoms with E-state index in [9.17, 15) is 10.1 Å². The van der Waals surface area contributed by atoms with E-state index < -0.39 is 11.0 Å². The van der Waals surface area contributed by atoms with Crippen molar-refractivity contribution in [1.82, 2.24) is 5.32 Å². The standard InChI is InChI=1S/C11H16N2O5/c14-8-10(15)7-12-5-6-18-11-3-1-9(2-4-11)13(16)17/h1-4,10,12,14-15H,5-8H2. The van der Waals surface area contributed by atoms with Gasteiger partial charge in [0.1, 0.15) is 12.4 Å². The summed E-state index contributed by atoms with van der Waals surface area (Å²) in [5.41, 5.74) is 0.0199. The highest BCUT2D eigenvalue weighted by molar-refractivity contribution is 5.35. The van der Waals surface area contributed by atoms with Gasteiger partial charge in [0, 0.05) is 25.2 Å². The second-order valence-corrected chi connectivity index (χ2v) is 3.64. The first-order valence-electron chi connectivity index (χ1n) is 5.50. The molecule has 0 spiro atoms. The van der Waals surface area contributed by atoms with E-state index in [0.29, 0.717) is 25.4 Å². The molecule has 3 N–H and O–H groups in total. The number of nitrogens with one attached hydrogen (secondary N) is 1. The van der Waals surface area contributed by atoms with Crippen LogP contribution in [0.15, 0.2) is 24.3 Å². The van der Waals surface area contributed by atoms with Gasteiger partial charge in [-0.3, -0.25) is 10.1 Å². The van der Waals surface area contributed by atoms with Gasteiger partial charge in [-0.25, -0.2) is 0 Å². The minimum absolute atomic E-state index is 0.0199. The summed E-state index contributed by atoms with van der Waals surface area (Å²) in [5.74, 6) is 0.546. The molecule has 0 aliphatic heterocycles. The molecule has 0 saturated carbocycles. The Morgan fingerprint density at radius 3 is 2.61 bits per heavy atom. The van der Waals surface area contributed by atoms with E-state index in [2.05, 4.69) is 5.32 Å². The number of hydrogen-bond donors (Lipinski definition) is 3. The van der Waals surface area contributed by atoms with E-state index in [1.54, 1.807) is 0 Å². The normalized spacial score (nSPS) is 12.1. The molecule has 1 aromatic rings. The van der Waals surface area contributed by atoms with Crippen molar-refractivity contribution in [2.45, 2.75) is 6.10 Å². The third-order valence-electron chi connectivity index (χ3n) is 2.19. The van der Waals surface area contributed by atoms with Gasteiger partial charge in [0.15, 0.2) is 0 Å². The predicted molar refractivity (Wildman–Crippen MR) is 64.6 cm³/mol. The van der Waals surface area contributed by atoms with E-state index in [1.165, 1.54) is 24.3 Å². The molecule has 100 valence electrons. The van der Waals surface area contributed by atoms with Crippen molar-refractivity contribution in [1.29, 1.82) is 0 Å². The van der Waals surface area contributed by atoms with Crippen molar-refractivity contribution in [3.05, 3.63) is 34.4 Å². The molecule has 7 heteroatoms. The van der Waals surface area contributed by atoms with Crippen LogP contribution in [0.25, 0.3) is 0 Å². The number of nitro benzene ring substituents is 1. The topological polar surface area (TPSA) is 105 Å². The number of aliphatic hydroxyl groups is 2. The van der Waals surface area contributed by atoms with E-state index in [0.717, 1.165) is 0 Å². The molecule has 18 heavy (non-hydrogen) atoms. The highest BCUT2D eigenvalue weighted by atomic mass is 16.6. The number of nitrogens with zero attached hydrogens (tertiary/aromatic N) is 1. The third-order valence-corrected chi connectivity index (χ3v) is 2.19. The van der Waals surface area contributed by atoms with Crippen LogP contribution >= 0.6 is 0 Å². The monoisotopic (exact) mass is 256 g/mol. The summed E-state index contributed by atoms with van der Waals surface area (Å²) in [7, 11) is 0. The second kappa shape index (κ2) is 7.59. The van der Waals surface area contributed by atoms with Gasteiger partial charge in [0.25, 0.3) is 5.69 Å². The lowest BCUT2D eigenvalue weighted by molar-refractivity contribution is -0.384. The average Bonchev–Trinajstić information content (AvgIpc) is 2.38. The quantitative estimate of drug-likeness (QED) is 0.341. The van der Waals surface area contributed by atoms with Crippen LogP contribution in [-0.2, 0) is 0 Å². The summed E-state index contributed by atoms with van der Waals surface area (Å²) >= 11 is 0. The maximum Gasteiger partial charge on any atom is 0.269 e. The highest BCUT2D eigenvalue weighted by Crippen LogP contribution is 2.16. The molecule has 0 aromatic heterocycles. The Bertz CT molecular complexity index is 368. The zero-order valence-electron chi connectivity index (χ0n) is 9.78. The lowest BCUT2D eigenvalue weighted by atomic mass is 10.3. The second-order valence-electron chi connectivity index (χ2n) is 3.64. The number of rotatable bonds is 8. The summed E-state index contributed by atoms with van der Waals surface area (Å²) in [4.78, 5) is 9.94. The minimum atomic E-state index is -0.774. The van der Waals surface area contributed by atoms with Gasteiger partial charge >= 0.3 is 0 Å². The molecular weight excluding hydrogens is 240 g/mol. The number of benzene rings is 1. The molecule has 0 amide bonds. The van der Waals surface area contributed by atoms with Crippen LogP contribution in [0.3, 0.4) is 0 Å². The number of nitro groups is 1. The summed E-state index contributed by atoms with van der Waals surface area (Å²) < 4.78 is 5.33. The van der Waals surface area contributed by atoms with Gasteiger partial charge in [-0.15, -0.1) is 0 Å². The molecule has 1 rings (SSSR count). The maximum atomic E-state index is 10.4. The van der Waals surface area contributed by atoms with Gasteiger partial charge in [0.05, 0.1) is 17.6 Å². The summed E-state index contributed by atoms with van der Waals surface area (Å²) in [6.45, 7) is 0.889. The molecule has 0 aliphatic carbocycles. The van der Waals surface area contributed by atoms with Crippen molar-refractivity contribution >= 4 is 5.69 Å². The van der Waals surface area contributed by atoms with Crippen molar-refractivity contribution < 1.29 is 19.9 Å². The van der Waals surface area contributed by atoms with Crippen LogP contribution in [-0.4, -0.2) is 47.5 Å². The van der Waals surface area contributed by atoms with Gasteiger partial charge in [-0.05, 0) is 12.1 Å². The first kappa shape index (κ1) is 14.4. The molecule has 1 aromatic carbocycles. The molecule has 0 aliphatic rings. The lowest BCUT2D eigenvalue weighted by Gasteiger charge is -2.09. The smallest absolute Gasteiger partial charge is 0.269 e. The molecular formula is C11H16N2O5. The van der Waals surface area contributed by atoms with E-state index in [1.807, 2.05) is 0 Å². The van der Waals surface area contributed by atoms with Crippen LogP contribution in [0, 0.1) is 10.1 Å². The number of non-ortho nitro benzene ring substituents is 1. The van der Waals surface area contributed by atoms with Gasteiger partial charge in [0.2, 0.25) is 0 Å². The molecule has 1 unspecified atom stereocenters. The molecule has 0 saturated heterocycles. The van der Waals surface area contributed by atoms with Crippen LogP contribution in [0.4, 0.5) is 5.69 Å². The first-order valence-corrected chi connectivity index (χ1v) is 5.50. The Kier molecular flexibility index (Phi) is 6.06. The summed E-state index contributed by atoms with van der Waals surface area (Å²) in [6, 6.07) is 5.80. The molecule has 0 heterocycles. The molecule has 0 radical (unpaired) electrons. The van der Waals surface area contributed by atoms with Crippen molar-refractivity contribution in [2.24, 2.45) is 0 Å². The minimum Gasteiger partial charge on any atom is -0.492 e. The van der Waals surface area contributed by atoms with Crippen LogP contribution in [0.2, 0.25) is 0 Å². The van der Waals surface area contributed by atoms with Gasteiger partial charge in [-0.2, -0.15) is 0 Å². The maximum absolute atomic E-state index is 10.4. The predicted octanol–water partition coefficient (Wildman–Crippen LogP) is -0.0836. The average molecular weight is 256 g/mol. The van der Waals surface area contributed by atoms with Gasteiger partial charge in [-0.1, -0.05) is 0 Å². The Labute approximate surface area is 104 Å². The first-order chi connectivity index (χ1) is 8.63. The number of aliphatic hydroxyl groups excluding tert-OH is 2. The largest absolute Gasteiger partial charge is 0.492 e. The molecule has 1 atom stereocenters. The lowest BCUT2D eigenvalue weighted by Crippen LogP contribution is -2.32. The van der Waals surface area contributed by atoms with E-state index >= 15 is 0 Å². The van der Waals surface area contributed by atoms with Crippen LogP contribution < -0.4 is 10.1 Å². The number of hydrogen-bond acceptors (Lipinski definition) is 6. The van der Waals surface area contributed by atoms with Crippen LogP contribution in [0.1, 0.15) is 0 Å². The summed E-state index contributed by atoms with van der Waals surface area (Å²) in [6.07, 6.45) is -0.774. The SMILES string of the molecule is O=[N+]([O-])c1ccc(OCCNCC(O)CO)cc1. The molecule has 0 fully saturated rings. The Morgan fingerprint density at radius 1 is 1.39 bits per heavy atom. The Balaban J connectivity index is 2.21. The molecule has 7 nitrogen and oxygen atoms in total. The van der Waals surface area contributed by atoms with Crippen molar-refractivity contribution in [3.63, 3.8) is 0 Å². The number of ether oxygens (including phenoxy) is 1. The third kappa shape index (κ3) is 5.09. The fraction of sp³-hybridized carbons (Fsp3) is 0.455. The van der Waals surface area contributed by atoms with E-state index in [-0.39, 0.29) is 12.3 Å². The highest BCUT2D eigenvalue weighted by Gasteiger charge is 2.04. The zero-order chi connectivity index (χ0) is 13.4. The fourth-order valence-electron chi connectivity index (χ4n) is 1.24. The van der Waals surface area contributed by atoms with Crippen LogP contribution in [0.5, 0.6) is 5.75 Å². The fourth-order valence-corrected chi connectivity index (χ4v) is 1.24. The van der Waals surface area contributed by atoms with Crippen molar-refractivity contribution in [2.75, 3.05) is 26.3 Å². The van der Waals surface area contributed by atoms with Crippen molar-refractivity contribution in [3.8, 4) is 5.75 Å². The Hall–Kier alpha value is -1.70.